The third kappa shape index (κ3) is 5.32. The van der Waals surface area contributed by atoms with Gasteiger partial charge in [-0.1, -0.05) is 48.0 Å². The smallest absolute Gasteiger partial charge is 0.257 e. The van der Waals surface area contributed by atoms with Crippen LogP contribution in [-0.2, 0) is 17.9 Å². The Balaban J connectivity index is 1.31. The highest BCUT2D eigenvalue weighted by molar-refractivity contribution is 6.34. The minimum absolute atomic E-state index is 0.201. The van der Waals surface area contributed by atoms with Crippen molar-refractivity contribution in [2.75, 3.05) is 16.8 Å². The molecule has 3 aromatic carbocycles. The molecule has 0 aromatic heterocycles. The largest absolute Gasteiger partial charge is 0.322 e. The summed E-state index contributed by atoms with van der Waals surface area (Å²) in [7, 11) is 0. The molecule has 1 heterocycles. The highest BCUT2D eigenvalue weighted by Crippen LogP contribution is 2.22. The normalized spacial score (nSPS) is 13.5. The lowest BCUT2D eigenvalue weighted by Crippen LogP contribution is -2.23. The monoisotopic (exact) mass is 433 g/mol. The van der Waals surface area contributed by atoms with Gasteiger partial charge in [0.15, 0.2) is 0 Å². The summed E-state index contributed by atoms with van der Waals surface area (Å²) < 4.78 is 0. The van der Waals surface area contributed by atoms with Crippen LogP contribution in [0.5, 0.6) is 0 Å². The van der Waals surface area contributed by atoms with Crippen LogP contribution in [0.1, 0.15) is 34.3 Å². The topological polar surface area (TPSA) is 61.4 Å². The van der Waals surface area contributed by atoms with Crippen molar-refractivity contribution in [1.82, 2.24) is 5.32 Å². The van der Waals surface area contributed by atoms with Gasteiger partial charge in [0.25, 0.3) is 5.91 Å². The predicted octanol–water partition coefficient (Wildman–Crippen LogP) is 5.01. The van der Waals surface area contributed by atoms with Crippen LogP contribution in [0.4, 0.5) is 11.4 Å². The van der Waals surface area contributed by atoms with E-state index in [1.54, 1.807) is 24.3 Å². The Bertz CT molecular complexity index is 1080. The molecular formula is C25H24ClN3O2. The number of hydrogen-bond donors (Lipinski definition) is 2. The van der Waals surface area contributed by atoms with Crippen molar-refractivity contribution in [3.8, 4) is 0 Å². The van der Waals surface area contributed by atoms with E-state index < -0.39 is 0 Å². The minimum atomic E-state index is -0.229. The summed E-state index contributed by atoms with van der Waals surface area (Å²) >= 11 is 6.11. The number of anilines is 2. The van der Waals surface area contributed by atoms with Crippen molar-refractivity contribution in [2.45, 2.75) is 25.9 Å². The lowest BCUT2D eigenvalue weighted by Gasteiger charge is -2.16. The molecule has 1 fully saturated rings. The van der Waals surface area contributed by atoms with Crippen LogP contribution in [0.2, 0.25) is 5.02 Å². The Hall–Kier alpha value is -3.15. The van der Waals surface area contributed by atoms with Gasteiger partial charge < -0.3 is 15.5 Å². The maximum absolute atomic E-state index is 12.5. The molecule has 0 saturated carbocycles. The van der Waals surface area contributed by atoms with E-state index in [4.69, 9.17) is 11.6 Å². The standard InChI is InChI=1S/C25H24ClN3O2/c26-23-8-2-1-7-22(23)25(31)28-20-6-3-5-19(15-20)17-27-16-18-10-12-21(13-11-18)29-14-4-9-24(29)30/h1-3,5-8,10-13,15,27H,4,9,14,16-17H2,(H,28,31). The lowest BCUT2D eigenvalue weighted by atomic mass is 10.1. The molecule has 0 bridgehead atoms. The van der Waals surface area contributed by atoms with Crippen LogP contribution in [0, 0.1) is 0 Å². The van der Waals surface area contributed by atoms with E-state index in [1.807, 2.05) is 53.4 Å². The fourth-order valence-corrected chi connectivity index (χ4v) is 3.89. The Kier molecular flexibility index (Phi) is 6.65. The van der Waals surface area contributed by atoms with Crippen LogP contribution < -0.4 is 15.5 Å². The molecule has 3 aromatic rings. The Morgan fingerprint density at radius 2 is 1.71 bits per heavy atom. The Labute approximate surface area is 187 Å². The summed E-state index contributed by atoms with van der Waals surface area (Å²) in [6, 6.07) is 22.8. The second-order valence-electron chi connectivity index (χ2n) is 7.55. The summed E-state index contributed by atoms with van der Waals surface area (Å²) in [6.07, 6.45) is 1.57. The van der Waals surface area contributed by atoms with Gasteiger partial charge in [-0.05, 0) is 53.9 Å². The molecule has 6 heteroatoms. The third-order valence-electron chi connectivity index (χ3n) is 5.28. The number of nitrogens with one attached hydrogen (secondary N) is 2. The maximum Gasteiger partial charge on any atom is 0.257 e. The molecular weight excluding hydrogens is 410 g/mol. The predicted molar refractivity (Wildman–Crippen MR) is 124 cm³/mol. The third-order valence-corrected chi connectivity index (χ3v) is 5.61. The van der Waals surface area contributed by atoms with Crippen molar-refractivity contribution < 1.29 is 9.59 Å². The lowest BCUT2D eigenvalue weighted by molar-refractivity contribution is -0.117. The van der Waals surface area contributed by atoms with Gasteiger partial charge in [0.1, 0.15) is 0 Å². The van der Waals surface area contributed by atoms with Crippen LogP contribution in [0.15, 0.2) is 72.8 Å². The molecule has 0 aliphatic carbocycles. The molecule has 2 amide bonds. The van der Waals surface area contributed by atoms with E-state index in [-0.39, 0.29) is 11.8 Å². The molecule has 1 aliphatic rings. The molecule has 5 nitrogen and oxygen atoms in total. The molecule has 0 unspecified atom stereocenters. The van der Waals surface area contributed by atoms with E-state index in [0.717, 1.165) is 35.5 Å². The van der Waals surface area contributed by atoms with Crippen molar-refractivity contribution in [1.29, 1.82) is 0 Å². The zero-order valence-electron chi connectivity index (χ0n) is 17.1. The summed E-state index contributed by atoms with van der Waals surface area (Å²) in [6.45, 7) is 2.19. The van der Waals surface area contributed by atoms with E-state index in [1.165, 1.54) is 0 Å². The van der Waals surface area contributed by atoms with Crippen LogP contribution in [-0.4, -0.2) is 18.4 Å². The number of nitrogens with zero attached hydrogens (tertiary/aromatic N) is 1. The molecule has 0 radical (unpaired) electrons. The van der Waals surface area contributed by atoms with Gasteiger partial charge in [0.2, 0.25) is 5.91 Å². The highest BCUT2D eigenvalue weighted by Gasteiger charge is 2.21. The first-order valence-corrected chi connectivity index (χ1v) is 10.7. The molecule has 158 valence electrons. The molecule has 4 rings (SSSR count). The van der Waals surface area contributed by atoms with Crippen LogP contribution in [0.25, 0.3) is 0 Å². The van der Waals surface area contributed by atoms with Crippen LogP contribution >= 0.6 is 11.6 Å². The van der Waals surface area contributed by atoms with Gasteiger partial charge in [-0.25, -0.2) is 0 Å². The van der Waals surface area contributed by atoms with Gasteiger partial charge in [-0.3, -0.25) is 9.59 Å². The quantitative estimate of drug-likeness (QED) is 0.550. The van der Waals surface area contributed by atoms with Crippen molar-refractivity contribution in [2.24, 2.45) is 0 Å². The van der Waals surface area contributed by atoms with E-state index in [9.17, 15) is 9.59 Å². The summed E-state index contributed by atoms with van der Waals surface area (Å²) in [5.74, 6) is -0.0281. The molecule has 2 N–H and O–H groups in total. The number of carbonyl (C=O) groups excluding carboxylic acids is 2. The Morgan fingerprint density at radius 3 is 2.45 bits per heavy atom. The van der Waals surface area contributed by atoms with Crippen molar-refractivity contribution in [3.05, 3.63) is 94.5 Å². The fraction of sp³-hybridized carbons (Fsp3) is 0.200. The minimum Gasteiger partial charge on any atom is -0.322 e. The zero-order valence-corrected chi connectivity index (χ0v) is 17.9. The van der Waals surface area contributed by atoms with Gasteiger partial charge in [-0.15, -0.1) is 0 Å². The van der Waals surface area contributed by atoms with Crippen LogP contribution in [0.3, 0.4) is 0 Å². The summed E-state index contributed by atoms with van der Waals surface area (Å²) in [5, 5.41) is 6.75. The van der Waals surface area contributed by atoms with Gasteiger partial charge in [-0.2, -0.15) is 0 Å². The SMILES string of the molecule is O=C(Nc1cccc(CNCc2ccc(N3CCCC3=O)cc2)c1)c1ccccc1Cl. The highest BCUT2D eigenvalue weighted by atomic mass is 35.5. The summed E-state index contributed by atoms with van der Waals surface area (Å²) in [5.41, 5.74) is 4.36. The molecule has 1 aliphatic heterocycles. The van der Waals surface area contributed by atoms with Gasteiger partial charge >= 0.3 is 0 Å². The first-order valence-electron chi connectivity index (χ1n) is 10.3. The number of halogens is 1. The first-order chi connectivity index (χ1) is 15.1. The van der Waals surface area contributed by atoms with Gasteiger partial charge in [0, 0.05) is 37.4 Å². The molecule has 1 saturated heterocycles. The molecule has 31 heavy (non-hydrogen) atoms. The number of benzene rings is 3. The second-order valence-corrected chi connectivity index (χ2v) is 7.96. The van der Waals surface area contributed by atoms with Crippen molar-refractivity contribution >= 4 is 34.8 Å². The number of rotatable bonds is 7. The van der Waals surface area contributed by atoms with Gasteiger partial charge in [0.05, 0.1) is 10.6 Å². The Morgan fingerprint density at radius 1 is 0.935 bits per heavy atom. The van der Waals surface area contributed by atoms with E-state index in [2.05, 4.69) is 10.6 Å². The number of hydrogen-bond acceptors (Lipinski definition) is 3. The number of carbonyl (C=O) groups is 2. The average Bonchev–Trinajstić information content (AvgIpc) is 3.21. The molecule has 0 spiro atoms. The maximum atomic E-state index is 12.5. The van der Waals surface area contributed by atoms with Crippen molar-refractivity contribution in [3.63, 3.8) is 0 Å². The second kappa shape index (κ2) is 9.77. The first kappa shape index (κ1) is 21.1. The van der Waals surface area contributed by atoms with E-state index >= 15 is 0 Å². The number of amides is 2. The molecule has 0 atom stereocenters. The fourth-order valence-electron chi connectivity index (χ4n) is 3.67. The zero-order chi connectivity index (χ0) is 21.6. The van der Waals surface area contributed by atoms with E-state index in [0.29, 0.717) is 30.1 Å². The average molecular weight is 434 g/mol. The summed E-state index contributed by atoms with van der Waals surface area (Å²) in [4.78, 5) is 26.2.